The predicted octanol–water partition coefficient (Wildman–Crippen LogP) is 5.85. The number of nitrogens with zero attached hydrogens (tertiary/aromatic N) is 4. The zero-order chi connectivity index (χ0) is 21.5. The van der Waals surface area contributed by atoms with Gasteiger partial charge >= 0.3 is 0 Å². The van der Waals surface area contributed by atoms with E-state index >= 15 is 0 Å². The first-order valence-electron chi connectivity index (χ1n) is 10.4. The Morgan fingerprint density at radius 2 is 1.80 bits per heavy atom. The van der Waals surface area contributed by atoms with Crippen molar-refractivity contribution in [1.82, 2.24) is 9.88 Å². The average Bonchev–Trinajstić information content (AvgIpc) is 2.76. The van der Waals surface area contributed by atoms with Crippen LogP contribution in [0.1, 0.15) is 42.6 Å². The molecule has 0 aliphatic rings. The minimum absolute atomic E-state index is 0.156. The van der Waals surface area contributed by atoms with Crippen LogP contribution in [0.3, 0.4) is 0 Å². The Bertz CT molecular complexity index is 1030. The van der Waals surface area contributed by atoms with Crippen LogP contribution in [0.5, 0.6) is 0 Å². The Morgan fingerprint density at radius 3 is 2.50 bits per heavy atom. The molecule has 0 unspecified atom stereocenters. The van der Waals surface area contributed by atoms with Crippen LogP contribution in [-0.2, 0) is 0 Å². The molecule has 2 aromatic carbocycles. The van der Waals surface area contributed by atoms with Crippen molar-refractivity contribution in [2.24, 2.45) is 10.2 Å². The summed E-state index contributed by atoms with van der Waals surface area (Å²) in [7, 11) is 0. The van der Waals surface area contributed by atoms with Crippen molar-refractivity contribution < 1.29 is 4.79 Å². The highest BCUT2D eigenvalue weighted by Crippen LogP contribution is 2.32. The highest BCUT2D eigenvalue weighted by atomic mass is 16.1. The molecule has 156 valence electrons. The molecule has 0 spiro atoms. The molecule has 1 aromatic heterocycles. The highest BCUT2D eigenvalue weighted by molar-refractivity contribution is 5.97. The minimum Gasteiger partial charge on any atom is -0.382 e. The quantitative estimate of drug-likeness (QED) is 0.359. The Balaban J connectivity index is 1.70. The van der Waals surface area contributed by atoms with Gasteiger partial charge in [0.15, 0.2) is 11.6 Å². The van der Waals surface area contributed by atoms with Crippen LogP contribution in [0.25, 0.3) is 10.8 Å². The van der Waals surface area contributed by atoms with Crippen LogP contribution in [0, 0.1) is 6.92 Å². The molecule has 3 aromatic rings. The molecule has 0 radical (unpaired) electrons. The Morgan fingerprint density at radius 1 is 1.07 bits per heavy atom. The zero-order valence-corrected chi connectivity index (χ0v) is 17.9. The van der Waals surface area contributed by atoms with E-state index in [4.69, 9.17) is 5.73 Å². The second-order valence-corrected chi connectivity index (χ2v) is 7.38. The maximum atomic E-state index is 12.4. The van der Waals surface area contributed by atoms with Gasteiger partial charge in [-0.15, -0.1) is 5.11 Å². The summed E-state index contributed by atoms with van der Waals surface area (Å²) in [4.78, 5) is 19.0. The van der Waals surface area contributed by atoms with E-state index < -0.39 is 0 Å². The number of aryl methyl sites for hydroxylation is 1. The van der Waals surface area contributed by atoms with Gasteiger partial charge in [-0.1, -0.05) is 31.5 Å². The van der Waals surface area contributed by atoms with Crippen molar-refractivity contribution in [2.75, 3.05) is 25.4 Å². The fourth-order valence-corrected chi connectivity index (χ4v) is 3.40. The van der Waals surface area contributed by atoms with Gasteiger partial charge in [0.05, 0.1) is 5.69 Å². The lowest BCUT2D eigenvalue weighted by molar-refractivity contribution is 0.0975. The molecule has 0 saturated carbocycles. The predicted molar refractivity (Wildman–Crippen MR) is 123 cm³/mol. The molecule has 1 heterocycles. The lowest BCUT2D eigenvalue weighted by Crippen LogP contribution is -2.24. The summed E-state index contributed by atoms with van der Waals surface area (Å²) in [6, 6.07) is 13.3. The molecule has 0 fully saturated rings. The molecule has 3 rings (SSSR count). The molecular weight excluding hydrogens is 374 g/mol. The Hall–Kier alpha value is -3.12. The summed E-state index contributed by atoms with van der Waals surface area (Å²) in [6.07, 6.45) is 3.16. The van der Waals surface area contributed by atoms with Gasteiger partial charge in [-0.25, -0.2) is 4.98 Å². The third-order valence-corrected chi connectivity index (χ3v) is 5.28. The molecular formula is C24H29N5O. The monoisotopic (exact) mass is 403 g/mol. The molecule has 0 amide bonds. The summed E-state index contributed by atoms with van der Waals surface area (Å²) in [5.74, 6) is 0.500. The van der Waals surface area contributed by atoms with Crippen molar-refractivity contribution in [3.63, 3.8) is 0 Å². The first kappa shape index (κ1) is 21.6. The number of aromatic nitrogens is 1. The maximum absolute atomic E-state index is 12.4. The normalized spacial score (nSPS) is 11.6. The number of rotatable bonds is 9. The number of Topliss-reactive ketones (excluding diaryl/α,β-unsaturated/α-hetero) is 1. The number of nitrogen functional groups attached to an aromatic ring is 1. The zero-order valence-electron chi connectivity index (χ0n) is 17.9. The van der Waals surface area contributed by atoms with Gasteiger partial charge in [0.25, 0.3) is 0 Å². The van der Waals surface area contributed by atoms with E-state index in [1.54, 1.807) is 18.3 Å². The lowest BCUT2D eigenvalue weighted by Gasteiger charge is -2.17. The number of carbonyl (C=O) groups excluding carboxylic acids is 1. The van der Waals surface area contributed by atoms with Gasteiger partial charge in [0, 0.05) is 29.0 Å². The maximum Gasteiger partial charge on any atom is 0.162 e. The molecule has 0 aliphatic carbocycles. The third-order valence-electron chi connectivity index (χ3n) is 5.28. The van der Waals surface area contributed by atoms with Crippen LogP contribution in [-0.4, -0.2) is 35.3 Å². The van der Waals surface area contributed by atoms with E-state index in [1.807, 2.05) is 37.3 Å². The SMILES string of the molecule is CCN(CC)CCCC(=O)c1ccc(N=Nc2c(N)ncc3ccc(C)cc23)cc1. The van der Waals surface area contributed by atoms with Gasteiger partial charge < -0.3 is 10.6 Å². The van der Waals surface area contributed by atoms with Crippen LogP contribution in [0.2, 0.25) is 0 Å². The summed E-state index contributed by atoms with van der Waals surface area (Å²) in [5, 5.41) is 10.6. The summed E-state index contributed by atoms with van der Waals surface area (Å²) in [6.45, 7) is 9.28. The largest absolute Gasteiger partial charge is 0.382 e. The number of hydrogen-bond acceptors (Lipinski definition) is 6. The minimum atomic E-state index is 0.156. The van der Waals surface area contributed by atoms with Gasteiger partial charge in [-0.05, 0) is 63.3 Å². The molecule has 6 nitrogen and oxygen atoms in total. The van der Waals surface area contributed by atoms with E-state index in [9.17, 15) is 4.79 Å². The second-order valence-electron chi connectivity index (χ2n) is 7.38. The molecule has 0 atom stereocenters. The fourth-order valence-electron chi connectivity index (χ4n) is 3.40. The smallest absolute Gasteiger partial charge is 0.162 e. The topological polar surface area (TPSA) is 83.9 Å². The second kappa shape index (κ2) is 10.1. The van der Waals surface area contributed by atoms with E-state index in [0.29, 0.717) is 29.2 Å². The van der Waals surface area contributed by atoms with Gasteiger partial charge in [0.1, 0.15) is 5.69 Å². The highest BCUT2D eigenvalue weighted by Gasteiger charge is 2.09. The average molecular weight is 404 g/mol. The number of carbonyl (C=O) groups is 1. The lowest BCUT2D eigenvalue weighted by atomic mass is 10.1. The number of hydrogen-bond donors (Lipinski definition) is 1. The molecule has 30 heavy (non-hydrogen) atoms. The van der Waals surface area contributed by atoms with Crippen LogP contribution in [0.15, 0.2) is 58.9 Å². The molecule has 0 aliphatic heterocycles. The molecule has 2 N–H and O–H groups in total. The third kappa shape index (κ3) is 5.27. The number of fused-ring (bicyclic) bond motifs is 1. The van der Waals surface area contributed by atoms with Crippen LogP contribution < -0.4 is 5.73 Å². The van der Waals surface area contributed by atoms with E-state index in [1.165, 1.54) is 0 Å². The van der Waals surface area contributed by atoms with Crippen molar-refractivity contribution in [3.05, 3.63) is 59.8 Å². The fraction of sp³-hybridized carbons (Fsp3) is 0.333. The number of pyridine rings is 1. The number of anilines is 1. The van der Waals surface area contributed by atoms with Gasteiger partial charge in [0.2, 0.25) is 0 Å². The summed E-state index contributed by atoms with van der Waals surface area (Å²) in [5.41, 5.74) is 9.09. The number of azo groups is 1. The summed E-state index contributed by atoms with van der Waals surface area (Å²) < 4.78 is 0. The molecule has 0 bridgehead atoms. The van der Waals surface area contributed by atoms with Crippen LogP contribution >= 0.6 is 0 Å². The van der Waals surface area contributed by atoms with Crippen LogP contribution in [0.4, 0.5) is 17.2 Å². The van der Waals surface area contributed by atoms with E-state index in [0.717, 1.165) is 42.4 Å². The standard InChI is InChI=1S/C24H29N5O/c1-4-29(5-2)14-6-7-22(30)18-10-12-20(13-11-18)27-28-23-21-15-17(3)8-9-19(21)16-26-24(23)25/h8-13,15-16H,4-7,14H2,1-3H3,(H2,25,26). The van der Waals surface area contributed by atoms with Crippen molar-refractivity contribution in [2.45, 2.75) is 33.6 Å². The van der Waals surface area contributed by atoms with E-state index in [2.05, 4.69) is 34.0 Å². The Kier molecular flexibility index (Phi) is 7.25. The first-order valence-corrected chi connectivity index (χ1v) is 10.4. The molecule has 0 saturated heterocycles. The van der Waals surface area contributed by atoms with Crippen molar-refractivity contribution in [3.8, 4) is 0 Å². The first-order chi connectivity index (χ1) is 14.5. The number of nitrogens with two attached hydrogens (primary N) is 1. The van der Waals surface area contributed by atoms with Gasteiger partial charge in [-0.2, -0.15) is 5.11 Å². The summed E-state index contributed by atoms with van der Waals surface area (Å²) >= 11 is 0. The van der Waals surface area contributed by atoms with Crippen molar-refractivity contribution in [1.29, 1.82) is 0 Å². The van der Waals surface area contributed by atoms with E-state index in [-0.39, 0.29) is 5.78 Å². The Labute approximate surface area is 177 Å². The molecule has 6 heteroatoms. The van der Waals surface area contributed by atoms with Gasteiger partial charge in [-0.3, -0.25) is 4.79 Å². The number of benzene rings is 2. The van der Waals surface area contributed by atoms with Crippen molar-refractivity contribution >= 4 is 33.7 Å². The number of ketones is 1.